The molecule has 1 aliphatic heterocycles. The third-order valence-corrected chi connectivity index (χ3v) is 7.21. The van der Waals surface area contributed by atoms with Crippen LogP contribution in [0, 0.1) is 6.92 Å². The Morgan fingerprint density at radius 2 is 1.68 bits per heavy atom. The SMILES string of the molecule is Cc1ccc(C2(C)NC(=O)N(CC(=O)NC(c3ccc(C(C)C)cc3)c3cccs3)C2=O)cc1. The molecule has 1 saturated heterocycles. The van der Waals surface area contributed by atoms with Crippen molar-refractivity contribution in [2.75, 3.05) is 6.54 Å². The van der Waals surface area contributed by atoms with Crippen LogP contribution >= 0.6 is 11.3 Å². The summed E-state index contributed by atoms with van der Waals surface area (Å²) in [6, 6.07) is 18.6. The second kappa shape index (κ2) is 9.43. The largest absolute Gasteiger partial charge is 0.343 e. The summed E-state index contributed by atoms with van der Waals surface area (Å²) >= 11 is 1.55. The Balaban J connectivity index is 1.52. The van der Waals surface area contributed by atoms with E-state index in [-0.39, 0.29) is 12.6 Å². The van der Waals surface area contributed by atoms with E-state index in [9.17, 15) is 14.4 Å². The molecule has 0 bridgehead atoms. The molecule has 7 heteroatoms. The van der Waals surface area contributed by atoms with Gasteiger partial charge in [0.15, 0.2) is 0 Å². The Hall–Kier alpha value is -3.45. The minimum Gasteiger partial charge on any atom is -0.343 e. The number of carbonyl (C=O) groups excluding carboxylic acids is 3. The van der Waals surface area contributed by atoms with Crippen molar-refractivity contribution in [3.63, 3.8) is 0 Å². The number of nitrogens with zero attached hydrogens (tertiary/aromatic N) is 1. The van der Waals surface area contributed by atoms with Gasteiger partial charge >= 0.3 is 6.03 Å². The zero-order chi connectivity index (χ0) is 24.5. The maximum atomic E-state index is 13.2. The fourth-order valence-electron chi connectivity index (χ4n) is 4.12. The lowest BCUT2D eigenvalue weighted by molar-refractivity contribution is -0.135. The first-order valence-corrected chi connectivity index (χ1v) is 12.2. The molecule has 0 spiro atoms. The summed E-state index contributed by atoms with van der Waals surface area (Å²) in [6.07, 6.45) is 0. The maximum absolute atomic E-state index is 13.2. The number of hydrogen-bond donors (Lipinski definition) is 2. The molecule has 34 heavy (non-hydrogen) atoms. The van der Waals surface area contributed by atoms with Crippen molar-refractivity contribution >= 4 is 29.2 Å². The fraction of sp³-hybridized carbons (Fsp3) is 0.296. The lowest BCUT2D eigenvalue weighted by atomic mass is 9.91. The van der Waals surface area contributed by atoms with Crippen LogP contribution in [0.5, 0.6) is 0 Å². The zero-order valence-electron chi connectivity index (χ0n) is 19.8. The quantitative estimate of drug-likeness (QED) is 0.480. The molecule has 2 unspecified atom stereocenters. The standard InChI is InChI=1S/C27H29N3O3S/c1-17(2)19-9-11-20(12-10-19)24(22-6-5-15-34-22)28-23(31)16-30-25(32)27(4,29-26(30)33)21-13-7-18(3)8-14-21/h5-15,17,24H,16H2,1-4H3,(H,28,31)(H,29,33). The molecule has 2 atom stereocenters. The molecule has 2 N–H and O–H groups in total. The van der Waals surface area contributed by atoms with Crippen LogP contribution < -0.4 is 10.6 Å². The number of benzene rings is 2. The van der Waals surface area contributed by atoms with Gasteiger partial charge in [0.05, 0.1) is 6.04 Å². The first kappa shape index (κ1) is 23.7. The van der Waals surface area contributed by atoms with Gasteiger partial charge in [-0.2, -0.15) is 0 Å². The smallest absolute Gasteiger partial charge is 0.325 e. The molecule has 1 aromatic heterocycles. The number of aryl methyl sites for hydroxylation is 1. The molecule has 4 rings (SSSR count). The van der Waals surface area contributed by atoms with Gasteiger partial charge in [0.25, 0.3) is 5.91 Å². The second-order valence-electron chi connectivity index (χ2n) is 9.15. The van der Waals surface area contributed by atoms with Crippen LogP contribution in [0.25, 0.3) is 0 Å². The van der Waals surface area contributed by atoms with Crippen molar-refractivity contribution in [2.45, 2.75) is 45.2 Å². The van der Waals surface area contributed by atoms with Gasteiger partial charge in [-0.1, -0.05) is 74.0 Å². The molecular formula is C27H29N3O3S. The van der Waals surface area contributed by atoms with Crippen molar-refractivity contribution in [2.24, 2.45) is 0 Å². The number of nitrogens with one attached hydrogen (secondary N) is 2. The van der Waals surface area contributed by atoms with Crippen LogP contribution in [0.2, 0.25) is 0 Å². The highest BCUT2D eigenvalue weighted by Crippen LogP contribution is 2.30. The number of hydrogen-bond acceptors (Lipinski definition) is 4. The van der Waals surface area contributed by atoms with Crippen LogP contribution in [-0.4, -0.2) is 29.3 Å². The van der Waals surface area contributed by atoms with E-state index < -0.39 is 23.4 Å². The predicted molar refractivity (Wildman–Crippen MR) is 134 cm³/mol. The van der Waals surface area contributed by atoms with Crippen molar-refractivity contribution < 1.29 is 14.4 Å². The zero-order valence-corrected chi connectivity index (χ0v) is 20.6. The molecule has 2 aromatic carbocycles. The first-order valence-electron chi connectivity index (χ1n) is 11.3. The third kappa shape index (κ3) is 4.61. The van der Waals surface area contributed by atoms with E-state index >= 15 is 0 Å². The van der Waals surface area contributed by atoms with Gasteiger partial charge < -0.3 is 10.6 Å². The molecule has 3 aromatic rings. The van der Waals surface area contributed by atoms with Gasteiger partial charge in [-0.05, 0) is 47.9 Å². The molecule has 1 fully saturated rings. The minimum atomic E-state index is -1.20. The Morgan fingerprint density at radius 1 is 1.03 bits per heavy atom. The Kier molecular flexibility index (Phi) is 6.57. The van der Waals surface area contributed by atoms with Crippen LogP contribution in [0.15, 0.2) is 66.0 Å². The summed E-state index contributed by atoms with van der Waals surface area (Å²) in [4.78, 5) is 40.9. The predicted octanol–water partition coefficient (Wildman–Crippen LogP) is 4.85. The number of urea groups is 1. The minimum absolute atomic E-state index is 0.349. The molecule has 1 aliphatic rings. The number of thiophene rings is 1. The Labute approximate surface area is 204 Å². The van der Waals surface area contributed by atoms with Gasteiger partial charge in [-0.25, -0.2) is 4.79 Å². The van der Waals surface area contributed by atoms with E-state index in [4.69, 9.17) is 0 Å². The van der Waals surface area contributed by atoms with Crippen LogP contribution in [0.4, 0.5) is 4.79 Å². The van der Waals surface area contributed by atoms with Crippen molar-refractivity contribution in [1.82, 2.24) is 15.5 Å². The van der Waals surface area contributed by atoms with E-state index in [1.165, 1.54) is 5.56 Å². The Bertz CT molecular complexity index is 1190. The monoisotopic (exact) mass is 475 g/mol. The average Bonchev–Trinajstić information content (AvgIpc) is 3.42. The molecule has 0 saturated carbocycles. The summed E-state index contributed by atoms with van der Waals surface area (Å²) in [5.74, 6) is -0.431. The highest BCUT2D eigenvalue weighted by atomic mass is 32.1. The van der Waals surface area contributed by atoms with Gasteiger partial charge in [-0.15, -0.1) is 11.3 Å². The van der Waals surface area contributed by atoms with Gasteiger partial charge in [-0.3, -0.25) is 14.5 Å². The molecule has 176 valence electrons. The topological polar surface area (TPSA) is 78.5 Å². The molecule has 4 amide bonds. The molecular weight excluding hydrogens is 446 g/mol. The lowest BCUT2D eigenvalue weighted by Crippen LogP contribution is -2.44. The summed E-state index contributed by atoms with van der Waals surface area (Å²) in [5, 5.41) is 7.74. The summed E-state index contributed by atoms with van der Waals surface area (Å²) in [6.45, 7) is 7.54. The van der Waals surface area contributed by atoms with Crippen LogP contribution in [0.3, 0.4) is 0 Å². The van der Waals surface area contributed by atoms with E-state index in [0.29, 0.717) is 11.5 Å². The van der Waals surface area contributed by atoms with Crippen LogP contribution in [0.1, 0.15) is 59.9 Å². The molecule has 0 radical (unpaired) electrons. The van der Waals surface area contributed by atoms with E-state index in [1.54, 1.807) is 18.3 Å². The normalized spacial score (nSPS) is 18.8. The van der Waals surface area contributed by atoms with Crippen molar-refractivity contribution in [3.8, 4) is 0 Å². The summed E-state index contributed by atoms with van der Waals surface area (Å²) in [7, 11) is 0. The number of amides is 4. The highest BCUT2D eigenvalue weighted by Gasteiger charge is 2.49. The van der Waals surface area contributed by atoms with E-state index in [0.717, 1.165) is 20.9 Å². The Morgan fingerprint density at radius 3 is 2.26 bits per heavy atom. The van der Waals surface area contributed by atoms with Crippen LogP contribution in [-0.2, 0) is 15.1 Å². The maximum Gasteiger partial charge on any atom is 0.325 e. The van der Waals surface area contributed by atoms with Crippen molar-refractivity contribution in [1.29, 1.82) is 0 Å². The average molecular weight is 476 g/mol. The van der Waals surface area contributed by atoms with E-state index in [1.807, 2.05) is 60.8 Å². The summed E-state index contributed by atoms with van der Waals surface area (Å²) < 4.78 is 0. The number of imide groups is 1. The highest BCUT2D eigenvalue weighted by molar-refractivity contribution is 7.10. The third-order valence-electron chi connectivity index (χ3n) is 6.28. The van der Waals surface area contributed by atoms with Gasteiger partial charge in [0.1, 0.15) is 12.1 Å². The van der Waals surface area contributed by atoms with Gasteiger partial charge in [0.2, 0.25) is 5.91 Å². The first-order chi connectivity index (χ1) is 16.2. The molecule has 6 nitrogen and oxygen atoms in total. The molecule has 0 aliphatic carbocycles. The summed E-state index contributed by atoms with van der Waals surface area (Å²) in [5.41, 5.74) is 2.70. The number of rotatable bonds is 7. The fourth-order valence-corrected chi connectivity index (χ4v) is 4.92. The van der Waals surface area contributed by atoms with E-state index in [2.05, 4.69) is 36.6 Å². The second-order valence-corrected chi connectivity index (χ2v) is 10.1. The van der Waals surface area contributed by atoms with Crippen molar-refractivity contribution in [3.05, 3.63) is 93.2 Å². The van der Waals surface area contributed by atoms with Gasteiger partial charge in [0, 0.05) is 4.88 Å². The molecule has 2 heterocycles. The lowest BCUT2D eigenvalue weighted by Gasteiger charge is -2.23. The number of carbonyl (C=O) groups is 3.